The summed E-state index contributed by atoms with van der Waals surface area (Å²) in [5, 5.41) is 0. The van der Waals surface area contributed by atoms with Crippen LogP contribution in [0.1, 0.15) is 78.1 Å². The zero-order chi connectivity index (χ0) is 12.8. The van der Waals surface area contributed by atoms with Gasteiger partial charge in [-0.15, -0.1) is 0 Å². The Bertz CT molecular complexity index is 237. The maximum absolute atomic E-state index is 2.43. The Morgan fingerprint density at radius 2 is 1.56 bits per heavy atom. The maximum atomic E-state index is 2.43. The van der Waals surface area contributed by atoms with Gasteiger partial charge in [0, 0.05) is 0 Å². The second-order valence-electron chi connectivity index (χ2n) is 6.54. The Morgan fingerprint density at radius 1 is 0.944 bits per heavy atom. The van der Waals surface area contributed by atoms with Gasteiger partial charge < -0.3 is 0 Å². The minimum Gasteiger partial charge on any atom is -0.0914 e. The molecule has 0 amide bonds. The predicted octanol–water partition coefficient (Wildman–Crippen LogP) is 5.93. The van der Waals surface area contributed by atoms with Crippen molar-refractivity contribution in [2.45, 2.75) is 78.1 Å². The van der Waals surface area contributed by atoms with Crippen LogP contribution in [-0.2, 0) is 0 Å². The van der Waals surface area contributed by atoms with Gasteiger partial charge in [-0.05, 0) is 88.4 Å². The zero-order valence-electron chi connectivity index (χ0n) is 12.5. The molecule has 103 valence electrons. The molecule has 2 rings (SSSR count). The highest BCUT2D eigenvalue weighted by molar-refractivity contribution is 4.96. The molecule has 0 aromatic heterocycles. The molecule has 0 aromatic rings. The summed E-state index contributed by atoms with van der Waals surface area (Å²) in [7, 11) is 0. The van der Waals surface area contributed by atoms with Crippen molar-refractivity contribution in [3.05, 3.63) is 18.1 Å². The fourth-order valence-corrected chi connectivity index (χ4v) is 4.20. The van der Waals surface area contributed by atoms with E-state index in [9.17, 15) is 0 Å². The molecule has 0 nitrogen and oxygen atoms in total. The fourth-order valence-electron chi connectivity index (χ4n) is 4.20. The summed E-state index contributed by atoms with van der Waals surface area (Å²) in [6.45, 7) is 4.49. The Balaban J connectivity index is 1.71. The third-order valence-corrected chi connectivity index (χ3v) is 5.29. The van der Waals surface area contributed by atoms with Crippen molar-refractivity contribution in [1.29, 1.82) is 0 Å². The fraction of sp³-hybridized carbons (Fsp3) is 0.833. The molecular weight excluding hydrogens is 216 g/mol. The van der Waals surface area contributed by atoms with Crippen molar-refractivity contribution in [2.75, 3.05) is 0 Å². The largest absolute Gasteiger partial charge is 0.0914 e. The van der Waals surface area contributed by atoms with Crippen molar-refractivity contribution in [3.63, 3.8) is 0 Å². The first-order valence-electron chi connectivity index (χ1n) is 8.29. The average Bonchev–Trinajstić information content (AvgIpc) is 2.41. The van der Waals surface area contributed by atoms with E-state index in [4.69, 9.17) is 0 Å². The van der Waals surface area contributed by atoms with E-state index in [1.54, 1.807) is 0 Å². The molecule has 2 aliphatic carbocycles. The lowest BCUT2D eigenvalue weighted by Crippen LogP contribution is -2.25. The monoisotopic (exact) mass is 247 g/mol. The van der Waals surface area contributed by atoms with Gasteiger partial charge in [-0.25, -0.2) is 0 Å². The Hall–Kier alpha value is -0.260. The summed E-state index contributed by atoms with van der Waals surface area (Å²) in [5.41, 5.74) is 0. The highest BCUT2D eigenvalue weighted by atomic mass is 14.3. The van der Waals surface area contributed by atoms with Crippen molar-refractivity contribution >= 4 is 0 Å². The molecule has 0 spiro atoms. The van der Waals surface area contributed by atoms with Crippen LogP contribution < -0.4 is 0 Å². The molecule has 18 heavy (non-hydrogen) atoms. The summed E-state index contributed by atoms with van der Waals surface area (Å²) >= 11 is 0. The van der Waals surface area contributed by atoms with Gasteiger partial charge in [0.25, 0.3) is 0 Å². The van der Waals surface area contributed by atoms with E-state index in [0.29, 0.717) is 0 Å². The van der Waals surface area contributed by atoms with Gasteiger partial charge in [0.15, 0.2) is 0 Å². The first-order valence-corrected chi connectivity index (χ1v) is 8.29. The Kier molecular flexibility index (Phi) is 5.79. The highest BCUT2D eigenvalue weighted by Gasteiger charge is 2.30. The molecule has 0 bridgehead atoms. The average molecular weight is 247 g/mol. The van der Waals surface area contributed by atoms with Gasteiger partial charge >= 0.3 is 0 Å². The predicted molar refractivity (Wildman–Crippen MR) is 80.4 cm³/mol. The Morgan fingerprint density at radius 3 is 2.11 bits per heavy atom. The van der Waals surface area contributed by atoms with Gasteiger partial charge in [0.05, 0.1) is 0 Å². The van der Waals surface area contributed by atoms with Gasteiger partial charge in [0.1, 0.15) is 0 Å². The Labute approximate surface area is 114 Å². The van der Waals surface area contributed by atoms with Crippen molar-refractivity contribution < 1.29 is 0 Å². The number of allylic oxidation sites excluding steroid dienone is 2. The zero-order valence-corrected chi connectivity index (χ0v) is 12.5. The van der Waals surface area contributed by atoms with Crippen LogP contribution in [0.3, 0.4) is 0 Å². The normalized spacial score (nSPS) is 32.1. The minimum atomic E-state index is 0.900. The highest BCUT2D eigenvalue weighted by Crippen LogP contribution is 2.42. The van der Waals surface area contributed by atoms with E-state index in [-0.39, 0.29) is 0 Å². The van der Waals surface area contributed by atoms with Crippen LogP contribution in [0.5, 0.6) is 0 Å². The first-order chi connectivity index (χ1) is 8.83. The first kappa shape index (κ1) is 14.2. The number of rotatable bonds is 4. The van der Waals surface area contributed by atoms with E-state index in [1.807, 2.05) is 5.92 Å². The smallest absolute Gasteiger partial charge is 0.0233 e. The lowest BCUT2D eigenvalue weighted by molar-refractivity contribution is 0.184. The summed E-state index contributed by atoms with van der Waals surface area (Å²) < 4.78 is 0. The molecule has 0 N–H and O–H groups in total. The molecule has 0 unspecified atom stereocenters. The molecule has 0 aromatic carbocycles. The van der Waals surface area contributed by atoms with Crippen LogP contribution in [0.4, 0.5) is 0 Å². The van der Waals surface area contributed by atoms with Crippen LogP contribution in [0.25, 0.3) is 0 Å². The van der Waals surface area contributed by atoms with E-state index < -0.39 is 0 Å². The third kappa shape index (κ3) is 3.87. The van der Waals surface area contributed by atoms with Crippen molar-refractivity contribution in [1.82, 2.24) is 0 Å². The molecule has 2 saturated carbocycles. The van der Waals surface area contributed by atoms with Crippen LogP contribution in [0, 0.1) is 23.7 Å². The van der Waals surface area contributed by atoms with E-state index in [0.717, 1.165) is 17.8 Å². The summed E-state index contributed by atoms with van der Waals surface area (Å²) in [6.07, 6.45) is 19.3. The molecule has 0 heterocycles. The molecule has 0 aliphatic heterocycles. The number of hydrogen-bond acceptors (Lipinski definition) is 0. The molecule has 0 saturated heterocycles. The second kappa shape index (κ2) is 7.36. The summed E-state index contributed by atoms with van der Waals surface area (Å²) in [4.78, 5) is 0. The molecule has 2 aliphatic rings. The standard InChI is InChI=1S/C18H31/c1-3-5-15-7-11-17(12-8-15)18-13-9-16(6-4-2)10-14-18/h3,5,15,17-18H,4,6-14H2,1-2H3/b5-3+. The SMILES string of the molecule is C/C=C/C1CCC(C2CC[C](CCC)CC2)CC1. The second-order valence-corrected chi connectivity index (χ2v) is 6.54. The summed E-state index contributed by atoms with van der Waals surface area (Å²) in [6, 6.07) is 0. The van der Waals surface area contributed by atoms with Crippen LogP contribution in [0.15, 0.2) is 12.2 Å². The molecular formula is C18H31. The number of hydrogen-bond donors (Lipinski definition) is 0. The quantitative estimate of drug-likeness (QED) is 0.540. The van der Waals surface area contributed by atoms with E-state index in [2.05, 4.69) is 26.0 Å². The van der Waals surface area contributed by atoms with Crippen LogP contribution in [-0.4, -0.2) is 0 Å². The van der Waals surface area contributed by atoms with E-state index >= 15 is 0 Å². The molecule has 0 atom stereocenters. The maximum Gasteiger partial charge on any atom is -0.0233 e. The van der Waals surface area contributed by atoms with Crippen LogP contribution in [0.2, 0.25) is 0 Å². The van der Waals surface area contributed by atoms with Crippen molar-refractivity contribution in [3.8, 4) is 0 Å². The topological polar surface area (TPSA) is 0 Å². The molecule has 1 radical (unpaired) electrons. The summed E-state index contributed by atoms with van der Waals surface area (Å²) in [5.74, 6) is 4.90. The molecule has 2 fully saturated rings. The van der Waals surface area contributed by atoms with Gasteiger partial charge in [0.2, 0.25) is 0 Å². The molecule has 0 heteroatoms. The van der Waals surface area contributed by atoms with Gasteiger partial charge in [-0.3, -0.25) is 0 Å². The van der Waals surface area contributed by atoms with E-state index in [1.165, 1.54) is 64.2 Å². The van der Waals surface area contributed by atoms with Crippen molar-refractivity contribution in [2.24, 2.45) is 17.8 Å². The third-order valence-electron chi connectivity index (χ3n) is 5.29. The van der Waals surface area contributed by atoms with Gasteiger partial charge in [-0.1, -0.05) is 25.5 Å². The lowest BCUT2D eigenvalue weighted by Gasteiger charge is -2.37. The lowest BCUT2D eigenvalue weighted by atomic mass is 9.69. The van der Waals surface area contributed by atoms with Gasteiger partial charge in [-0.2, -0.15) is 0 Å². The van der Waals surface area contributed by atoms with Crippen LogP contribution >= 0.6 is 0 Å². The minimum absolute atomic E-state index is 0.900.